The van der Waals surface area contributed by atoms with Gasteiger partial charge < -0.3 is 9.99 Å². The summed E-state index contributed by atoms with van der Waals surface area (Å²) in [4.78, 5) is 3.81. The largest absolute Gasteiger partial charge is 0.320 e. The molecule has 1 rings (SSSR count). The highest BCUT2D eigenvalue weighted by molar-refractivity contribution is 5.29. The Morgan fingerprint density at radius 2 is 2.62 bits per heavy atom. The van der Waals surface area contributed by atoms with Crippen LogP contribution in [0.3, 0.4) is 0 Å². The van der Waals surface area contributed by atoms with E-state index in [1.807, 2.05) is 7.05 Å². The molecule has 1 aromatic rings. The molecule has 0 aliphatic rings. The minimum atomic E-state index is 0.810. The van der Waals surface area contributed by atoms with Crippen LogP contribution >= 0.6 is 0 Å². The molecule has 0 amide bonds. The molecule has 1 aromatic heterocycles. The monoisotopic (exact) mass is 112 g/mol. The zero-order chi connectivity index (χ0) is 5.98. The van der Waals surface area contributed by atoms with Gasteiger partial charge in [0.1, 0.15) is 5.82 Å². The molecule has 0 unspecified atom stereocenters. The van der Waals surface area contributed by atoms with Crippen LogP contribution in [0.5, 0.6) is 0 Å². The van der Waals surface area contributed by atoms with E-state index in [9.17, 15) is 0 Å². The first kappa shape index (κ1) is 5.11. The van der Waals surface area contributed by atoms with E-state index in [-0.39, 0.29) is 0 Å². The van der Waals surface area contributed by atoms with Crippen molar-refractivity contribution in [1.82, 2.24) is 9.55 Å². The fraction of sp³-hybridized carbons (Fsp3) is 0.250. The Morgan fingerprint density at radius 3 is 2.88 bits per heavy atom. The molecule has 0 aliphatic heterocycles. The molecule has 0 bridgehead atoms. The van der Waals surface area contributed by atoms with Gasteiger partial charge in [0.25, 0.3) is 0 Å². The number of imidazole rings is 1. The van der Waals surface area contributed by atoms with Gasteiger partial charge in [-0.05, 0) is 0 Å². The van der Waals surface area contributed by atoms with Crippen LogP contribution in [0.4, 0.5) is 5.82 Å². The summed E-state index contributed by atoms with van der Waals surface area (Å²) in [5.74, 6) is 5.89. The van der Waals surface area contributed by atoms with E-state index in [1.54, 1.807) is 17.1 Å². The van der Waals surface area contributed by atoms with E-state index < -0.39 is 0 Å². The van der Waals surface area contributed by atoms with E-state index in [0.29, 0.717) is 0 Å². The Hall–Kier alpha value is -1.03. The van der Waals surface area contributed by atoms with Gasteiger partial charge in [0.2, 0.25) is 0 Å². The van der Waals surface area contributed by atoms with Gasteiger partial charge in [-0.2, -0.15) is 0 Å². The number of hydrazine groups is 1. The van der Waals surface area contributed by atoms with Crippen LogP contribution in [-0.4, -0.2) is 9.55 Å². The van der Waals surface area contributed by atoms with Crippen LogP contribution in [0, 0.1) is 0 Å². The topological polar surface area (TPSA) is 55.9 Å². The summed E-state index contributed by atoms with van der Waals surface area (Å²) in [6.45, 7) is 0. The van der Waals surface area contributed by atoms with E-state index in [0.717, 1.165) is 5.82 Å². The van der Waals surface area contributed by atoms with Gasteiger partial charge in [0.05, 0.1) is 12.5 Å². The maximum Gasteiger partial charge on any atom is 0.139 e. The van der Waals surface area contributed by atoms with Crippen LogP contribution in [0.1, 0.15) is 0 Å². The van der Waals surface area contributed by atoms with Gasteiger partial charge in [-0.25, -0.2) is 10.8 Å². The molecular weight excluding hydrogens is 104 g/mol. The molecule has 0 spiro atoms. The van der Waals surface area contributed by atoms with Gasteiger partial charge >= 0.3 is 0 Å². The molecule has 0 aromatic carbocycles. The molecular formula is C4H8N4. The summed E-state index contributed by atoms with van der Waals surface area (Å²) in [6.07, 6.45) is 3.33. The summed E-state index contributed by atoms with van der Waals surface area (Å²) in [5.41, 5.74) is 2.48. The van der Waals surface area contributed by atoms with Crippen LogP contribution in [0.15, 0.2) is 12.5 Å². The lowest BCUT2D eigenvalue weighted by Gasteiger charge is -1.96. The molecule has 4 nitrogen and oxygen atoms in total. The number of aromatic nitrogens is 2. The van der Waals surface area contributed by atoms with E-state index in [2.05, 4.69) is 10.4 Å². The average Bonchev–Trinajstić information content (AvgIpc) is 2.14. The van der Waals surface area contributed by atoms with Crippen LogP contribution in [0.2, 0.25) is 0 Å². The molecule has 3 N–H and O–H groups in total. The third kappa shape index (κ3) is 0.651. The zero-order valence-electron chi connectivity index (χ0n) is 4.63. The van der Waals surface area contributed by atoms with Gasteiger partial charge in [0.15, 0.2) is 0 Å². The SMILES string of the molecule is Cn1cncc1NN. The number of aryl methyl sites for hydroxylation is 1. The molecule has 0 saturated carbocycles. The number of nitrogens with one attached hydrogen (secondary N) is 1. The number of rotatable bonds is 1. The van der Waals surface area contributed by atoms with Crippen LogP contribution in [-0.2, 0) is 7.05 Å². The Morgan fingerprint density at radius 1 is 1.88 bits per heavy atom. The first-order valence-corrected chi connectivity index (χ1v) is 2.27. The molecule has 0 saturated heterocycles. The van der Waals surface area contributed by atoms with Crippen molar-refractivity contribution in [2.75, 3.05) is 5.43 Å². The lowest BCUT2D eigenvalue weighted by molar-refractivity contribution is 0.912. The van der Waals surface area contributed by atoms with E-state index in [4.69, 9.17) is 5.84 Å². The van der Waals surface area contributed by atoms with Crippen molar-refractivity contribution in [2.45, 2.75) is 0 Å². The molecule has 1 heterocycles. The smallest absolute Gasteiger partial charge is 0.139 e. The highest BCUT2D eigenvalue weighted by Crippen LogP contribution is 1.98. The molecule has 8 heavy (non-hydrogen) atoms. The third-order valence-electron chi connectivity index (χ3n) is 0.965. The van der Waals surface area contributed by atoms with Gasteiger partial charge in [-0.1, -0.05) is 0 Å². The maximum atomic E-state index is 5.08. The van der Waals surface area contributed by atoms with Crippen LogP contribution in [0.25, 0.3) is 0 Å². The fourth-order valence-corrected chi connectivity index (χ4v) is 0.496. The summed E-state index contributed by atoms with van der Waals surface area (Å²) in [7, 11) is 1.86. The Labute approximate surface area is 47.3 Å². The predicted molar refractivity (Wildman–Crippen MR) is 31.0 cm³/mol. The minimum absolute atomic E-state index is 0.810. The van der Waals surface area contributed by atoms with E-state index in [1.165, 1.54) is 0 Å². The van der Waals surface area contributed by atoms with Crippen molar-refractivity contribution in [3.8, 4) is 0 Å². The molecule has 0 radical (unpaired) electrons. The van der Waals surface area contributed by atoms with Crippen molar-refractivity contribution in [1.29, 1.82) is 0 Å². The highest BCUT2D eigenvalue weighted by Gasteiger charge is 1.89. The van der Waals surface area contributed by atoms with E-state index >= 15 is 0 Å². The number of hydrogen-bond donors (Lipinski definition) is 2. The number of nitrogen functional groups attached to an aromatic ring is 1. The highest BCUT2D eigenvalue weighted by atomic mass is 15.3. The number of nitrogens with zero attached hydrogens (tertiary/aromatic N) is 2. The summed E-state index contributed by atoms with van der Waals surface area (Å²) >= 11 is 0. The normalized spacial score (nSPS) is 9.25. The summed E-state index contributed by atoms with van der Waals surface area (Å²) in [5, 5.41) is 0. The second-order valence-corrected chi connectivity index (χ2v) is 1.53. The fourth-order valence-electron chi connectivity index (χ4n) is 0.496. The predicted octanol–water partition coefficient (Wildman–Crippen LogP) is -0.294. The first-order chi connectivity index (χ1) is 3.84. The molecule has 0 atom stereocenters. The van der Waals surface area contributed by atoms with Crippen molar-refractivity contribution < 1.29 is 0 Å². The summed E-state index contributed by atoms with van der Waals surface area (Å²) < 4.78 is 1.79. The number of nitrogens with two attached hydrogens (primary N) is 1. The van der Waals surface area contributed by atoms with Crippen molar-refractivity contribution in [3.05, 3.63) is 12.5 Å². The molecule has 0 fully saturated rings. The van der Waals surface area contributed by atoms with Gasteiger partial charge in [-0.15, -0.1) is 0 Å². The molecule has 0 aliphatic carbocycles. The minimum Gasteiger partial charge on any atom is -0.320 e. The first-order valence-electron chi connectivity index (χ1n) is 2.27. The lowest BCUT2D eigenvalue weighted by Crippen LogP contribution is -2.09. The summed E-state index contributed by atoms with van der Waals surface area (Å²) in [6, 6.07) is 0. The number of anilines is 1. The van der Waals surface area contributed by atoms with Gasteiger partial charge in [-0.3, -0.25) is 0 Å². The van der Waals surface area contributed by atoms with Crippen molar-refractivity contribution >= 4 is 5.82 Å². The average molecular weight is 112 g/mol. The van der Waals surface area contributed by atoms with Crippen molar-refractivity contribution in [3.63, 3.8) is 0 Å². The maximum absolute atomic E-state index is 5.08. The second-order valence-electron chi connectivity index (χ2n) is 1.53. The molecule has 44 valence electrons. The van der Waals surface area contributed by atoms with Crippen LogP contribution < -0.4 is 11.3 Å². The Bertz CT molecular complexity index is 168. The lowest BCUT2D eigenvalue weighted by atomic mass is 10.8. The van der Waals surface area contributed by atoms with Crippen molar-refractivity contribution in [2.24, 2.45) is 12.9 Å². The quantitative estimate of drug-likeness (QED) is 0.387. The Balaban J connectivity index is 2.92. The second kappa shape index (κ2) is 1.83. The molecule has 4 heteroatoms. The van der Waals surface area contributed by atoms with Gasteiger partial charge in [0, 0.05) is 7.05 Å². The third-order valence-corrected chi connectivity index (χ3v) is 0.965. The Kier molecular flexibility index (Phi) is 1.17. The zero-order valence-corrected chi connectivity index (χ0v) is 4.63. The standard InChI is InChI=1S/C4H8N4/c1-8-3-6-2-4(8)7-5/h2-3,7H,5H2,1H3. The number of hydrogen-bond acceptors (Lipinski definition) is 3.